The van der Waals surface area contributed by atoms with Crippen molar-refractivity contribution in [1.29, 1.82) is 0 Å². The standard InChI is InChI=1S/C8H15N5O2/c1-8(4-14,5-15)12-6-2-3-10-7(11-6)13-9/h2-3,14-15H,4-5,9H2,1H3,(H2,10,11,12,13). The minimum absolute atomic E-state index is 0.209. The lowest BCUT2D eigenvalue weighted by atomic mass is 10.1. The van der Waals surface area contributed by atoms with Crippen LogP contribution in [0.15, 0.2) is 12.3 Å². The zero-order valence-corrected chi connectivity index (χ0v) is 8.44. The summed E-state index contributed by atoms with van der Waals surface area (Å²) in [5.41, 5.74) is 1.48. The number of anilines is 2. The maximum absolute atomic E-state index is 9.07. The number of hydrogen-bond acceptors (Lipinski definition) is 7. The highest BCUT2D eigenvalue weighted by Gasteiger charge is 2.22. The Bertz CT molecular complexity index is 316. The van der Waals surface area contributed by atoms with Crippen LogP contribution in [0.5, 0.6) is 0 Å². The molecule has 0 saturated carbocycles. The van der Waals surface area contributed by atoms with E-state index in [1.54, 1.807) is 13.0 Å². The van der Waals surface area contributed by atoms with E-state index in [1.807, 2.05) is 0 Å². The van der Waals surface area contributed by atoms with Crippen LogP contribution in [0.3, 0.4) is 0 Å². The highest BCUT2D eigenvalue weighted by Crippen LogP contribution is 2.12. The molecule has 0 radical (unpaired) electrons. The lowest BCUT2D eigenvalue weighted by Crippen LogP contribution is -2.42. The topological polar surface area (TPSA) is 116 Å². The normalized spacial score (nSPS) is 11.2. The molecule has 7 nitrogen and oxygen atoms in total. The van der Waals surface area contributed by atoms with E-state index in [2.05, 4.69) is 20.7 Å². The number of hydrazine groups is 1. The van der Waals surface area contributed by atoms with E-state index in [0.717, 1.165) is 0 Å². The molecule has 0 atom stereocenters. The Hall–Kier alpha value is -1.44. The Morgan fingerprint density at radius 1 is 1.47 bits per heavy atom. The number of aromatic nitrogens is 2. The van der Waals surface area contributed by atoms with Crippen molar-refractivity contribution >= 4 is 11.8 Å². The third kappa shape index (κ3) is 3.01. The van der Waals surface area contributed by atoms with E-state index < -0.39 is 5.54 Å². The molecule has 0 aliphatic heterocycles. The third-order valence-corrected chi connectivity index (χ3v) is 1.91. The maximum Gasteiger partial charge on any atom is 0.239 e. The molecule has 0 fully saturated rings. The predicted octanol–water partition coefficient (Wildman–Crippen LogP) is -1.08. The van der Waals surface area contributed by atoms with Crippen LogP contribution in [0.2, 0.25) is 0 Å². The molecule has 0 aromatic carbocycles. The van der Waals surface area contributed by atoms with Gasteiger partial charge < -0.3 is 15.5 Å². The van der Waals surface area contributed by atoms with E-state index in [9.17, 15) is 0 Å². The molecule has 84 valence electrons. The highest BCUT2D eigenvalue weighted by molar-refractivity contribution is 5.41. The number of nitrogens with two attached hydrogens (primary N) is 1. The first kappa shape index (κ1) is 11.6. The quantitative estimate of drug-likeness (QED) is 0.312. The largest absolute Gasteiger partial charge is 0.394 e. The van der Waals surface area contributed by atoms with E-state index >= 15 is 0 Å². The summed E-state index contributed by atoms with van der Waals surface area (Å²) < 4.78 is 0. The molecular formula is C8H15N5O2. The smallest absolute Gasteiger partial charge is 0.239 e. The van der Waals surface area contributed by atoms with Crippen LogP contribution >= 0.6 is 0 Å². The van der Waals surface area contributed by atoms with Crippen molar-refractivity contribution in [3.05, 3.63) is 12.3 Å². The van der Waals surface area contributed by atoms with Crippen molar-refractivity contribution in [2.75, 3.05) is 24.0 Å². The van der Waals surface area contributed by atoms with Gasteiger partial charge in [0.25, 0.3) is 0 Å². The van der Waals surface area contributed by atoms with Gasteiger partial charge in [-0.1, -0.05) is 0 Å². The summed E-state index contributed by atoms with van der Waals surface area (Å²) >= 11 is 0. The molecule has 0 aliphatic carbocycles. The minimum Gasteiger partial charge on any atom is -0.394 e. The van der Waals surface area contributed by atoms with Gasteiger partial charge in [-0.2, -0.15) is 4.98 Å². The second-order valence-corrected chi connectivity index (χ2v) is 3.41. The van der Waals surface area contributed by atoms with Crippen LogP contribution in [-0.4, -0.2) is 38.9 Å². The van der Waals surface area contributed by atoms with E-state index in [1.165, 1.54) is 6.20 Å². The maximum atomic E-state index is 9.07. The fourth-order valence-corrected chi connectivity index (χ4v) is 0.936. The number of nitrogen functional groups attached to an aromatic ring is 1. The van der Waals surface area contributed by atoms with Crippen molar-refractivity contribution in [1.82, 2.24) is 9.97 Å². The molecule has 15 heavy (non-hydrogen) atoms. The fourth-order valence-electron chi connectivity index (χ4n) is 0.936. The first-order valence-electron chi connectivity index (χ1n) is 4.43. The van der Waals surface area contributed by atoms with Crippen LogP contribution in [-0.2, 0) is 0 Å². The first-order valence-corrected chi connectivity index (χ1v) is 4.43. The van der Waals surface area contributed by atoms with Crippen LogP contribution in [0, 0.1) is 0 Å². The molecule has 0 aliphatic rings. The van der Waals surface area contributed by atoms with Crippen molar-refractivity contribution in [2.45, 2.75) is 12.5 Å². The number of hydrogen-bond donors (Lipinski definition) is 5. The van der Waals surface area contributed by atoms with Gasteiger partial charge in [-0.05, 0) is 13.0 Å². The van der Waals surface area contributed by atoms with Gasteiger partial charge in [0.05, 0.1) is 18.8 Å². The molecule has 0 amide bonds. The van der Waals surface area contributed by atoms with Crippen LogP contribution in [0.1, 0.15) is 6.92 Å². The second kappa shape index (κ2) is 4.87. The molecule has 0 unspecified atom stereocenters. The summed E-state index contributed by atoms with van der Waals surface area (Å²) in [7, 11) is 0. The Labute approximate surface area is 87.3 Å². The Morgan fingerprint density at radius 2 is 2.13 bits per heavy atom. The molecule has 0 bridgehead atoms. The minimum atomic E-state index is -0.819. The SMILES string of the molecule is CC(CO)(CO)Nc1ccnc(NN)n1. The van der Waals surface area contributed by atoms with E-state index in [4.69, 9.17) is 16.1 Å². The van der Waals surface area contributed by atoms with Crippen LogP contribution < -0.4 is 16.6 Å². The first-order chi connectivity index (χ1) is 7.13. The lowest BCUT2D eigenvalue weighted by molar-refractivity contribution is 0.147. The van der Waals surface area contributed by atoms with Crippen LogP contribution in [0.25, 0.3) is 0 Å². The summed E-state index contributed by atoms with van der Waals surface area (Å²) in [6, 6.07) is 1.62. The summed E-state index contributed by atoms with van der Waals surface area (Å²) in [5.74, 6) is 5.88. The Balaban J connectivity index is 2.79. The van der Waals surface area contributed by atoms with Crippen LogP contribution in [0.4, 0.5) is 11.8 Å². The fraction of sp³-hybridized carbons (Fsp3) is 0.500. The van der Waals surface area contributed by atoms with E-state index in [-0.39, 0.29) is 19.2 Å². The Kier molecular flexibility index (Phi) is 3.78. The van der Waals surface area contributed by atoms with Crippen molar-refractivity contribution in [3.8, 4) is 0 Å². The predicted molar refractivity (Wildman–Crippen MR) is 56.0 cm³/mol. The molecule has 1 heterocycles. The average Bonchev–Trinajstić information content (AvgIpc) is 2.29. The molecule has 1 aromatic rings. The molecule has 1 rings (SSSR count). The average molecular weight is 213 g/mol. The van der Waals surface area contributed by atoms with Gasteiger partial charge in [0.15, 0.2) is 0 Å². The van der Waals surface area contributed by atoms with Gasteiger partial charge >= 0.3 is 0 Å². The van der Waals surface area contributed by atoms with E-state index in [0.29, 0.717) is 5.82 Å². The van der Waals surface area contributed by atoms with Crippen molar-refractivity contribution < 1.29 is 10.2 Å². The Morgan fingerprint density at radius 3 is 2.67 bits per heavy atom. The van der Waals surface area contributed by atoms with Crippen molar-refractivity contribution in [3.63, 3.8) is 0 Å². The highest BCUT2D eigenvalue weighted by atomic mass is 16.3. The zero-order chi connectivity index (χ0) is 11.3. The third-order valence-electron chi connectivity index (χ3n) is 1.91. The molecule has 0 saturated heterocycles. The monoisotopic (exact) mass is 213 g/mol. The number of aliphatic hydroxyl groups excluding tert-OH is 2. The number of nitrogens with one attached hydrogen (secondary N) is 2. The molecule has 1 aromatic heterocycles. The van der Waals surface area contributed by atoms with Gasteiger partial charge in [0, 0.05) is 6.20 Å². The molecule has 0 spiro atoms. The number of rotatable bonds is 5. The zero-order valence-electron chi connectivity index (χ0n) is 8.44. The van der Waals surface area contributed by atoms with Crippen molar-refractivity contribution in [2.24, 2.45) is 5.84 Å². The molecule has 6 N–H and O–H groups in total. The van der Waals surface area contributed by atoms with Gasteiger partial charge in [0.1, 0.15) is 5.82 Å². The van der Waals surface area contributed by atoms with Gasteiger partial charge in [-0.15, -0.1) is 0 Å². The summed E-state index contributed by atoms with van der Waals surface area (Å²) in [6.07, 6.45) is 1.51. The summed E-state index contributed by atoms with van der Waals surface area (Å²) in [6.45, 7) is 1.25. The lowest BCUT2D eigenvalue weighted by Gasteiger charge is -2.26. The van der Waals surface area contributed by atoms with Gasteiger partial charge in [-0.3, -0.25) is 5.43 Å². The number of aliphatic hydroxyl groups is 2. The molecule has 7 heteroatoms. The second-order valence-electron chi connectivity index (χ2n) is 3.41. The molecular weight excluding hydrogens is 198 g/mol. The summed E-state index contributed by atoms with van der Waals surface area (Å²) in [5, 5.41) is 21.0. The van der Waals surface area contributed by atoms with Gasteiger partial charge in [0.2, 0.25) is 5.95 Å². The number of nitrogens with zero attached hydrogens (tertiary/aromatic N) is 2. The van der Waals surface area contributed by atoms with Gasteiger partial charge in [-0.25, -0.2) is 10.8 Å². The summed E-state index contributed by atoms with van der Waals surface area (Å²) in [4.78, 5) is 7.82.